The second kappa shape index (κ2) is 5.01. The molecular formula is C12H17ClN2O3S. The van der Waals surface area contributed by atoms with Crippen LogP contribution in [-0.4, -0.2) is 43.0 Å². The van der Waals surface area contributed by atoms with E-state index < -0.39 is 15.6 Å². The molecule has 0 N–H and O–H groups in total. The summed E-state index contributed by atoms with van der Waals surface area (Å²) in [4.78, 5) is 4.05. The normalized spacial score (nSPS) is 20.4. The Kier molecular flexibility index (Phi) is 3.88. The van der Waals surface area contributed by atoms with Crippen molar-refractivity contribution in [1.29, 1.82) is 0 Å². The summed E-state index contributed by atoms with van der Waals surface area (Å²) >= 11 is 5.96. The molecular weight excluding hydrogens is 288 g/mol. The van der Waals surface area contributed by atoms with Crippen LogP contribution in [0.4, 0.5) is 0 Å². The van der Waals surface area contributed by atoms with E-state index in [1.807, 2.05) is 13.8 Å². The van der Waals surface area contributed by atoms with Crippen LogP contribution in [0.25, 0.3) is 0 Å². The fourth-order valence-corrected chi connectivity index (χ4v) is 4.08. The summed E-state index contributed by atoms with van der Waals surface area (Å²) in [6, 6.07) is 3.15. The van der Waals surface area contributed by atoms with Crippen molar-refractivity contribution in [3.05, 3.63) is 23.0 Å². The van der Waals surface area contributed by atoms with Crippen molar-refractivity contribution in [3.63, 3.8) is 0 Å². The number of hydrogen-bond acceptors (Lipinski definition) is 4. The SMILES string of the molecule is Cc1ccc(S(=O)(=O)N2CCOC(C)(C)C2)c(Cl)n1. The van der Waals surface area contributed by atoms with Crippen LogP contribution in [0.5, 0.6) is 0 Å². The molecule has 0 amide bonds. The van der Waals surface area contributed by atoms with Gasteiger partial charge in [0, 0.05) is 18.8 Å². The lowest BCUT2D eigenvalue weighted by Gasteiger charge is -2.37. The molecule has 0 atom stereocenters. The minimum Gasteiger partial charge on any atom is -0.373 e. The predicted molar refractivity (Wildman–Crippen MR) is 72.8 cm³/mol. The molecule has 0 aromatic carbocycles. The van der Waals surface area contributed by atoms with Crippen LogP contribution in [-0.2, 0) is 14.8 Å². The number of pyridine rings is 1. The zero-order valence-electron chi connectivity index (χ0n) is 11.2. The molecule has 1 aliphatic rings. The summed E-state index contributed by atoms with van der Waals surface area (Å²) in [6.07, 6.45) is 0. The summed E-state index contributed by atoms with van der Waals surface area (Å²) in [7, 11) is -3.62. The van der Waals surface area contributed by atoms with E-state index in [0.717, 1.165) is 0 Å². The Hall–Kier alpha value is -0.690. The molecule has 1 aliphatic heterocycles. The maximum atomic E-state index is 12.6. The Labute approximate surface area is 118 Å². The molecule has 0 saturated carbocycles. The van der Waals surface area contributed by atoms with Crippen molar-refractivity contribution in [3.8, 4) is 0 Å². The Morgan fingerprint density at radius 1 is 1.42 bits per heavy atom. The van der Waals surface area contributed by atoms with Crippen molar-refractivity contribution in [2.24, 2.45) is 0 Å². The number of sulfonamides is 1. The number of rotatable bonds is 2. The van der Waals surface area contributed by atoms with E-state index in [2.05, 4.69) is 4.98 Å². The third-order valence-electron chi connectivity index (χ3n) is 2.96. The summed E-state index contributed by atoms with van der Waals surface area (Å²) in [5.41, 5.74) is 0.196. The highest BCUT2D eigenvalue weighted by molar-refractivity contribution is 7.89. The average Bonchev–Trinajstić information content (AvgIpc) is 2.27. The topological polar surface area (TPSA) is 59.5 Å². The number of nitrogens with zero attached hydrogens (tertiary/aromatic N) is 2. The van der Waals surface area contributed by atoms with Gasteiger partial charge in [0.2, 0.25) is 10.0 Å². The number of halogens is 1. The lowest BCUT2D eigenvalue weighted by Crippen LogP contribution is -2.50. The van der Waals surface area contributed by atoms with Crippen molar-refractivity contribution in [2.75, 3.05) is 19.7 Å². The van der Waals surface area contributed by atoms with E-state index in [-0.39, 0.29) is 10.0 Å². The average molecular weight is 305 g/mol. The van der Waals surface area contributed by atoms with Gasteiger partial charge in [-0.1, -0.05) is 11.6 Å². The Bertz CT molecular complexity index is 587. The maximum absolute atomic E-state index is 12.6. The van der Waals surface area contributed by atoms with Crippen LogP contribution in [0.1, 0.15) is 19.5 Å². The number of aryl methyl sites for hydroxylation is 1. The van der Waals surface area contributed by atoms with Gasteiger partial charge in [0.15, 0.2) is 0 Å². The van der Waals surface area contributed by atoms with Gasteiger partial charge < -0.3 is 4.74 Å². The summed E-state index contributed by atoms with van der Waals surface area (Å²) in [5.74, 6) is 0. The van der Waals surface area contributed by atoms with Crippen LogP contribution in [0.2, 0.25) is 5.15 Å². The minimum absolute atomic E-state index is 0.0179. The number of hydrogen-bond donors (Lipinski definition) is 0. The first-order chi connectivity index (χ1) is 8.72. The molecule has 2 rings (SSSR count). The van der Waals surface area contributed by atoms with Gasteiger partial charge in [-0.25, -0.2) is 13.4 Å². The van der Waals surface area contributed by atoms with Gasteiger partial charge in [0.1, 0.15) is 10.0 Å². The lowest BCUT2D eigenvalue weighted by atomic mass is 10.1. The smallest absolute Gasteiger partial charge is 0.246 e. The fraction of sp³-hybridized carbons (Fsp3) is 0.583. The second-order valence-corrected chi connectivity index (χ2v) is 7.45. The van der Waals surface area contributed by atoms with E-state index in [1.165, 1.54) is 10.4 Å². The molecule has 0 spiro atoms. The number of morpholine rings is 1. The molecule has 1 fully saturated rings. The van der Waals surface area contributed by atoms with Gasteiger partial charge >= 0.3 is 0 Å². The first-order valence-electron chi connectivity index (χ1n) is 6.00. The molecule has 106 valence electrons. The third kappa shape index (κ3) is 3.08. The predicted octanol–water partition coefficient (Wildman–Crippen LogP) is 1.84. The largest absolute Gasteiger partial charge is 0.373 e. The van der Waals surface area contributed by atoms with Crippen molar-refractivity contribution in [2.45, 2.75) is 31.3 Å². The quantitative estimate of drug-likeness (QED) is 0.782. The maximum Gasteiger partial charge on any atom is 0.246 e. The van der Waals surface area contributed by atoms with Crippen LogP contribution in [0.15, 0.2) is 17.0 Å². The molecule has 5 nitrogen and oxygen atoms in total. The number of aromatic nitrogens is 1. The summed E-state index contributed by atoms with van der Waals surface area (Å²) < 4.78 is 32.0. The van der Waals surface area contributed by atoms with E-state index in [1.54, 1.807) is 13.0 Å². The zero-order chi connectivity index (χ0) is 14.3. The molecule has 1 saturated heterocycles. The van der Waals surface area contributed by atoms with Gasteiger partial charge in [-0.2, -0.15) is 4.31 Å². The highest BCUT2D eigenvalue weighted by Gasteiger charge is 2.36. The molecule has 7 heteroatoms. The summed E-state index contributed by atoms with van der Waals surface area (Å²) in [5, 5.41) is 0.0179. The molecule has 0 bridgehead atoms. The minimum atomic E-state index is -3.62. The van der Waals surface area contributed by atoms with Gasteiger partial charge in [-0.15, -0.1) is 0 Å². The lowest BCUT2D eigenvalue weighted by molar-refractivity contribution is -0.0640. The molecule has 0 unspecified atom stereocenters. The highest BCUT2D eigenvalue weighted by atomic mass is 35.5. The van der Waals surface area contributed by atoms with Crippen molar-refractivity contribution in [1.82, 2.24) is 9.29 Å². The van der Waals surface area contributed by atoms with E-state index in [0.29, 0.717) is 25.4 Å². The zero-order valence-corrected chi connectivity index (χ0v) is 12.8. The van der Waals surface area contributed by atoms with Gasteiger partial charge in [0.05, 0.1) is 12.2 Å². The van der Waals surface area contributed by atoms with Crippen LogP contribution < -0.4 is 0 Å². The van der Waals surface area contributed by atoms with Crippen LogP contribution in [0, 0.1) is 6.92 Å². The van der Waals surface area contributed by atoms with E-state index in [9.17, 15) is 8.42 Å². The Morgan fingerprint density at radius 3 is 2.68 bits per heavy atom. The van der Waals surface area contributed by atoms with Crippen LogP contribution in [0.3, 0.4) is 0 Å². The standard InChI is InChI=1S/C12H17ClN2O3S/c1-9-4-5-10(11(13)14-9)19(16,17)15-6-7-18-12(2,3)8-15/h4-5H,6-8H2,1-3H3. The first-order valence-corrected chi connectivity index (χ1v) is 7.81. The molecule has 0 radical (unpaired) electrons. The number of ether oxygens (including phenoxy) is 1. The Morgan fingerprint density at radius 2 is 2.11 bits per heavy atom. The van der Waals surface area contributed by atoms with Crippen molar-refractivity contribution >= 4 is 21.6 Å². The van der Waals surface area contributed by atoms with Gasteiger partial charge in [-0.3, -0.25) is 0 Å². The second-order valence-electron chi connectivity index (χ2n) is 5.19. The van der Waals surface area contributed by atoms with Gasteiger partial charge in [0.25, 0.3) is 0 Å². The highest BCUT2D eigenvalue weighted by Crippen LogP contribution is 2.27. The molecule has 19 heavy (non-hydrogen) atoms. The Balaban J connectivity index is 2.37. The van der Waals surface area contributed by atoms with Gasteiger partial charge in [-0.05, 0) is 32.9 Å². The third-order valence-corrected chi connectivity index (χ3v) is 5.24. The molecule has 2 heterocycles. The molecule has 0 aliphatic carbocycles. The monoisotopic (exact) mass is 304 g/mol. The fourth-order valence-electron chi connectivity index (χ4n) is 2.02. The van der Waals surface area contributed by atoms with E-state index >= 15 is 0 Å². The first kappa shape index (κ1) is 14.7. The molecule has 1 aromatic heterocycles. The van der Waals surface area contributed by atoms with Crippen LogP contribution >= 0.6 is 11.6 Å². The summed E-state index contributed by atoms with van der Waals surface area (Å²) in [6.45, 7) is 6.51. The molecule has 1 aromatic rings. The van der Waals surface area contributed by atoms with Crippen molar-refractivity contribution < 1.29 is 13.2 Å². The van der Waals surface area contributed by atoms with E-state index in [4.69, 9.17) is 16.3 Å².